The maximum atomic E-state index is 12.2. The Labute approximate surface area is 229 Å². The van der Waals surface area contributed by atoms with Crippen molar-refractivity contribution in [3.8, 4) is 11.5 Å². The summed E-state index contributed by atoms with van der Waals surface area (Å²) < 4.78 is 12.9. The molecule has 1 fully saturated rings. The lowest BCUT2D eigenvalue weighted by molar-refractivity contribution is 0.121. The van der Waals surface area contributed by atoms with Gasteiger partial charge in [0.2, 0.25) is 0 Å². The molecule has 0 aliphatic carbocycles. The van der Waals surface area contributed by atoms with E-state index in [9.17, 15) is 9.90 Å². The number of benzene rings is 2. The molecule has 1 saturated heterocycles. The van der Waals surface area contributed by atoms with E-state index in [1.165, 1.54) is 0 Å². The molecule has 0 radical (unpaired) electrons. The number of aliphatic hydroxyl groups excluding tert-OH is 1. The fraction of sp³-hybridized carbons (Fsp3) is 0.286. The normalized spacial score (nSPS) is 14.4. The number of hydrogen-bond acceptors (Lipinski definition) is 10. The van der Waals surface area contributed by atoms with Crippen LogP contribution >= 0.6 is 0 Å². The molecule has 3 aromatic heterocycles. The molecular weight excluding hydrogens is 512 g/mol. The van der Waals surface area contributed by atoms with Crippen LogP contribution in [0, 0.1) is 0 Å². The Morgan fingerprint density at radius 2 is 1.95 bits per heavy atom. The number of anilines is 4. The second kappa shape index (κ2) is 11.2. The number of ether oxygens (including phenoxy) is 1. The number of nitrogens with zero attached hydrogens (tertiary/aromatic N) is 5. The predicted molar refractivity (Wildman–Crippen MR) is 152 cm³/mol. The highest BCUT2D eigenvalue weighted by Crippen LogP contribution is 2.33. The van der Waals surface area contributed by atoms with Gasteiger partial charge in [-0.05, 0) is 35.8 Å². The SMILES string of the molecule is CCn1[nH]c(=O)c2ccc(Nc3cc(N[C@H](CO)c4ccccc4)c(-c4nc(N5CCOCC5)no4)cn3)cc21. The van der Waals surface area contributed by atoms with Crippen molar-refractivity contribution >= 4 is 34.0 Å². The highest BCUT2D eigenvalue weighted by Gasteiger charge is 2.22. The number of aromatic nitrogens is 5. The molecule has 1 atom stereocenters. The molecule has 0 bridgehead atoms. The summed E-state index contributed by atoms with van der Waals surface area (Å²) in [6, 6.07) is 16.7. The number of aliphatic hydroxyl groups is 1. The highest BCUT2D eigenvalue weighted by atomic mass is 16.5. The quantitative estimate of drug-likeness (QED) is 0.218. The van der Waals surface area contributed by atoms with E-state index in [0.717, 1.165) is 16.8 Å². The Kier molecular flexibility index (Phi) is 7.17. The Morgan fingerprint density at radius 3 is 2.73 bits per heavy atom. The van der Waals surface area contributed by atoms with Gasteiger partial charge >= 0.3 is 0 Å². The third-order valence-corrected chi connectivity index (χ3v) is 6.92. The number of morpholine rings is 1. The first-order valence-electron chi connectivity index (χ1n) is 13.2. The lowest BCUT2D eigenvalue weighted by Gasteiger charge is -2.24. The summed E-state index contributed by atoms with van der Waals surface area (Å²) in [6.45, 7) is 5.07. The van der Waals surface area contributed by atoms with Gasteiger partial charge in [0.25, 0.3) is 17.4 Å². The monoisotopic (exact) mass is 542 g/mol. The van der Waals surface area contributed by atoms with Crippen molar-refractivity contribution in [1.29, 1.82) is 0 Å². The second-order valence-corrected chi connectivity index (χ2v) is 9.45. The zero-order valence-electron chi connectivity index (χ0n) is 22.0. The van der Waals surface area contributed by atoms with Crippen molar-refractivity contribution in [3.63, 3.8) is 0 Å². The van der Waals surface area contributed by atoms with Crippen LogP contribution in [0.15, 0.2) is 70.1 Å². The first-order chi connectivity index (χ1) is 19.6. The summed E-state index contributed by atoms with van der Waals surface area (Å²) in [5, 5.41) is 24.7. The van der Waals surface area contributed by atoms with E-state index in [-0.39, 0.29) is 18.2 Å². The van der Waals surface area contributed by atoms with E-state index in [0.29, 0.717) is 67.1 Å². The Bertz CT molecular complexity index is 1660. The third-order valence-electron chi connectivity index (χ3n) is 6.92. The zero-order chi connectivity index (χ0) is 27.5. The molecule has 12 heteroatoms. The van der Waals surface area contributed by atoms with Crippen molar-refractivity contribution in [2.75, 3.05) is 48.4 Å². The highest BCUT2D eigenvalue weighted by molar-refractivity contribution is 5.84. The average molecular weight is 543 g/mol. The van der Waals surface area contributed by atoms with Crippen LogP contribution in [-0.4, -0.2) is 62.9 Å². The molecular formula is C28H30N8O4. The minimum Gasteiger partial charge on any atom is -0.394 e. The number of nitrogens with one attached hydrogen (secondary N) is 3. The van der Waals surface area contributed by atoms with Gasteiger partial charge in [-0.3, -0.25) is 14.6 Å². The van der Waals surface area contributed by atoms with E-state index in [2.05, 4.69) is 30.9 Å². The fourth-order valence-electron chi connectivity index (χ4n) is 4.80. The summed E-state index contributed by atoms with van der Waals surface area (Å²) in [5.74, 6) is 1.37. The standard InChI is InChI=1S/C28H30N8O4/c1-2-36-24-14-19(8-9-20(24)26(38)33-36)30-25-15-22(31-23(17-37)18-6-4-3-5-7-18)21(16-29-25)27-32-28(34-40-27)35-10-12-39-13-11-35/h3-9,14-16,23,37H,2,10-13,17H2,1H3,(H,33,38)(H2,29,30,31)/t23-/m1/s1. The summed E-state index contributed by atoms with van der Waals surface area (Å²) in [4.78, 5) is 23.5. The lowest BCUT2D eigenvalue weighted by atomic mass is 10.1. The number of aryl methyl sites for hydroxylation is 1. The molecule has 1 aliphatic rings. The summed E-state index contributed by atoms with van der Waals surface area (Å²) in [6.07, 6.45) is 1.66. The van der Waals surface area contributed by atoms with Gasteiger partial charge in [-0.1, -0.05) is 30.3 Å². The lowest BCUT2D eigenvalue weighted by Crippen LogP contribution is -2.36. The minimum absolute atomic E-state index is 0.121. The molecule has 206 valence electrons. The number of aromatic amines is 1. The molecule has 1 aliphatic heterocycles. The smallest absolute Gasteiger partial charge is 0.271 e. The maximum Gasteiger partial charge on any atom is 0.271 e. The molecule has 6 rings (SSSR count). The Hall–Kier alpha value is -4.68. The van der Waals surface area contributed by atoms with E-state index in [1.54, 1.807) is 16.9 Å². The van der Waals surface area contributed by atoms with Crippen LogP contribution < -0.4 is 21.1 Å². The maximum absolute atomic E-state index is 12.2. The Balaban J connectivity index is 1.35. The van der Waals surface area contributed by atoms with Crippen LogP contribution in [0.25, 0.3) is 22.4 Å². The molecule has 0 unspecified atom stereocenters. The van der Waals surface area contributed by atoms with Gasteiger partial charge in [-0.25, -0.2) is 4.98 Å². The number of fused-ring (bicyclic) bond motifs is 1. The van der Waals surface area contributed by atoms with Gasteiger partial charge in [0.05, 0.1) is 48.0 Å². The Morgan fingerprint density at radius 1 is 1.12 bits per heavy atom. The first kappa shape index (κ1) is 25.6. The third kappa shape index (κ3) is 5.14. The van der Waals surface area contributed by atoms with Crippen LogP contribution in [-0.2, 0) is 11.3 Å². The second-order valence-electron chi connectivity index (χ2n) is 9.45. The average Bonchev–Trinajstić information content (AvgIpc) is 3.61. The van der Waals surface area contributed by atoms with E-state index in [1.807, 2.05) is 60.4 Å². The topological polar surface area (TPSA) is 146 Å². The molecule has 2 aromatic carbocycles. The van der Waals surface area contributed by atoms with Crippen molar-refractivity contribution < 1.29 is 14.4 Å². The van der Waals surface area contributed by atoms with Crippen molar-refractivity contribution in [1.82, 2.24) is 24.9 Å². The van der Waals surface area contributed by atoms with Gasteiger partial charge in [0, 0.05) is 37.6 Å². The molecule has 5 aromatic rings. The van der Waals surface area contributed by atoms with E-state index in [4.69, 9.17) is 9.26 Å². The molecule has 0 saturated carbocycles. The van der Waals surface area contributed by atoms with Crippen LogP contribution in [0.4, 0.5) is 23.1 Å². The zero-order valence-corrected chi connectivity index (χ0v) is 22.0. The number of hydrogen-bond donors (Lipinski definition) is 4. The van der Waals surface area contributed by atoms with Gasteiger partial charge < -0.3 is 29.9 Å². The predicted octanol–water partition coefficient (Wildman–Crippen LogP) is 3.52. The number of H-pyrrole nitrogens is 1. The van der Waals surface area contributed by atoms with Crippen LogP contribution in [0.2, 0.25) is 0 Å². The fourth-order valence-corrected chi connectivity index (χ4v) is 4.80. The van der Waals surface area contributed by atoms with Crippen molar-refractivity contribution in [3.05, 3.63) is 76.7 Å². The van der Waals surface area contributed by atoms with E-state index >= 15 is 0 Å². The van der Waals surface area contributed by atoms with Crippen LogP contribution in [0.1, 0.15) is 18.5 Å². The summed E-state index contributed by atoms with van der Waals surface area (Å²) in [7, 11) is 0. The molecule has 4 heterocycles. The van der Waals surface area contributed by atoms with Gasteiger partial charge in [0.1, 0.15) is 5.82 Å². The molecule has 0 amide bonds. The van der Waals surface area contributed by atoms with Gasteiger partial charge in [0.15, 0.2) is 0 Å². The van der Waals surface area contributed by atoms with Gasteiger partial charge in [-0.2, -0.15) is 4.98 Å². The van der Waals surface area contributed by atoms with E-state index < -0.39 is 0 Å². The van der Waals surface area contributed by atoms with Crippen LogP contribution in [0.5, 0.6) is 0 Å². The number of rotatable bonds is 9. The summed E-state index contributed by atoms with van der Waals surface area (Å²) >= 11 is 0. The molecule has 40 heavy (non-hydrogen) atoms. The van der Waals surface area contributed by atoms with Crippen molar-refractivity contribution in [2.45, 2.75) is 19.5 Å². The number of pyridine rings is 1. The van der Waals surface area contributed by atoms with Gasteiger partial charge in [-0.15, -0.1) is 0 Å². The molecule has 0 spiro atoms. The minimum atomic E-state index is -0.382. The van der Waals surface area contributed by atoms with Crippen LogP contribution in [0.3, 0.4) is 0 Å². The summed E-state index contributed by atoms with van der Waals surface area (Å²) in [5.41, 5.74) is 3.65. The molecule has 12 nitrogen and oxygen atoms in total. The van der Waals surface area contributed by atoms with Crippen molar-refractivity contribution in [2.24, 2.45) is 0 Å². The largest absolute Gasteiger partial charge is 0.394 e. The molecule has 4 N–H and O–H groups in total. The first-order valence-corrected chi connectivity index (χ1v) is 13.2.